The zero-order valence-electron chi connectivity index (χ0n) is 12.8. The minimum atomic E-state index is 0.781. The Kier molecular flexibility index (Phi) is 5.87. The van der Waals surface area contributed by atoms with E-state index in [0.717, 1.165) is 39.7 Å². The van der Waals surface area contributed by atoms with E-state index >= 15 is 0 Å². The van der Waals surface area contributed by atoms with Gasteiger partial charge in [0.25, 0.3) is 0 Å². The second-order valence-electron chi connectivity index (χ2n) is 4.73. The second-order valence-corrected chi connectivity index (χ2v) is 6.55. The number of thioether (sulfide) groups is 1. The van der Waals surface area contributed by atoms with Gasteiger partial charge in [-0.3, -0.25) is 0 Å². The lowest BCUT2D eigenvalue weighted by Gasteiger charge is -2.08. The molecule has 2 aromatic rings. The number of aromatic nitrogens is 3. The maximum Gasteiger partial charge on any atom is 0.190 e. The molecule has 0 radical (unpaired) electrons. The van der Waals surface area contributed by atoms with Gasteiger partial charge in [0, 0.05) is 18.3 Å². The first-order valence-electron chi connectivity index (χ1n) is 6.90. The molecule has 4 nitrogen and oxygen atoms in total. The van der Waals surface area contributed by atoms with Crippen LogP contribution in [-0.2, 0) is 0 Å². The summed E-state index contributed by atoms with van der Waals surface area (Å²) >= 11 is 3.13. The highest BCUT2D eigenvalue weighted by molar-refractivity contribution is 7.99. The van der Waals surface area contributed by atoms with Crippen molar-refractivity contribution in [1.29, 1.82) is 0 Å². The van der Waals surface area contributed by atoms with Gasteiger partial charge in [0.15, 0.2) is 5.16 Å². The van der Waals surface area contributed by atoms with Crippen molar-refractivity contribution in [3.63, 3.8) is 0 Å². The summed E-state index contributed by atoms with van der Waals surface area (Å²) in [4.78, 5) is 13.6. The molecule has 0 spiro atoms. The Labute approximate surface area is 134 Å². The summed E-state index contributed by atoms with van der Waals surface area (Å²) in [6.45, 7) is 7.15. The van der Waals surface area contributed by atoms with E-state index in [-0.39, 0.29) is 0 Å². The molecule has 0 fully saturated rings. The maximum atomic E-state index is 4.55. The molecular weight excluding hydrogens is 300 g/mol. The minimum Gasteiger partial charge on any atom is -0.370 e. The summed E-state index contributed by atoms with van der Waals surface area (Å²) in [6, 6.07) is 6.14. The van der Waals surface area contributed by atoms with Gasteiger partial charge in [-0.1, -0.05) is 18.7 Å². The van der Waals surface area contributed by atoms with Gasteiger partial charge in [-0.25, -0.2) is 15.0 Å². The zero-order chi connectivity index (χ0) is 15.2. The molecule has 0 bridgehead atoms. The zero-order valence-corrected chi connectivity index (χ0v) is 14.4. The van der Waals surface area contributed by atoms with Crippen LogP contribution in [-0.4, -0.2) is 27.8 Å². The van der Waals surface area contributed by atoms with Crippen molar-refractivity contribution in [2.24, 2.45) is 0 Å². The number of hydrogen-bond donors (Lipinski definition) is 1. The van der Waals surface area contributed by atoms with Crippen molar-refractivity contribution in [1.82, 2.24) is 15.0 Å². The monoisotopic (exact) mass is 320 g/mol. The van der Waals surface area contributed by atoms with Gasteiger partial charge in [0.2, 0.25) is 0 Å². The number of rotatable bonds is 6. The molecule has 0 atom stereocenters. The van der Waals surface area contributed by atoms with Gasteiger partial charge in [-0.05, 0) is 56.0 Å². The van der Waals surface area contributed by atoms with Crippen LogP contribution in [0.4, 0.5) is 5.82 Å². The van der Waals surface area contributed by atoms with Crippen molar-refractivity contribution in [3.8, 4) is 0 Å². The van der Waals surface area contributed by atoms with Gasteiger partial charge < -0.3 is 5.32 Å². The molecule has 1 N–H and O–H groups in total. The Morgan fingerprint density at radius 2 is 1.81 bits per heavy atom. The fraction of sp³-hybridized carbons (Fsp3) is 0.400. The molecule has 2 aromatic heterocycles. The molecule has 0 amide bonds. The average molecular weight is 320 g/mol. The van der Waals surface area contributed by atoms with E-state index in [1.165, 1.54) is 5.56 Å². The molecule has 0 aromatic carbocycles. The lowest BCUT2D eigenvalue weighted by Crippen LogP contribution is -2.03. The van der Waals surface area contributed by atoms with Crippen molar-refractivity contribution in [2.45, 2.75) is 42.4 Å². The number of aryl methyl sites for hydroxylation is 2. The van der Waals surface area contributed by atoms with E-state index in [1.807, 2.05) is 19.2 Å². The van der Waals surface area contributed by atoms with Crippen LogP contribution in [0.15, 0.2) is 33.4 Å². The van der Waals surface area contributed by atoms with E-state index in [2.05, 4.69) is 46.2 Å². The highest BCUT2D eigenvalue weighted by Gasteiger charge is 2.07. The topological polar surface area (TPSA) is 50.7 Å². The van der Waals surface area contributed by atoms with Crippen LogP contribution in [0.2, 0.25) is 0 Å². The summed E-state index contributed by atoms with van der Waals surface area (Å²) in [7, 11) is 0. The molecule has 0 saturated carbocycles. The highest BCUT2D eigenvalue weighted by Crippen LogP contribution is 2.28. The van der Waals surface area contributed by atoms with E-state index in [0.29, 0.717) is 0 Å². The third kappa shape index (κ3) is 4.89. The van der Waals surface area contributed by atoms with Gasteiger partial charge in [-0.15, -0.1) is 0 Å². The molecule has 0 saturated heterocycles. The van der Waals surface area contributed by atoms with Crippen LogP contribution in [0.25, 0.3) is 0 Å². The van der Waals surface area contributed by atoms with Crippen LogP contribution in [0.5, 0.6) is 0 Å². The van der Waals surface area contributed by atoms with Crippen molar-refractivity contribution in [2.75, 3.05) is 18.1 Å². The Bertz CT molecular complexity index is 596. The lowest BCUT2D eigenvalue weighted by atomic mass is 10.3. The Morgan fingerprint density at radius 3 is 2.48 bits per heavy atom. The molecule has 0 unspecified atom stereocenters. The van der Waals surface area contributed by atoms with Gasteiger partial charge >= 0.3 is 0 Å². The maximum absolute atomic E-state index is 4.55. The molecule has 2 rings (SSSR count). The molecule has 0 aliphatic carbocycles. The number of hydrogen-bond acceptors (Lipinski definition) is 6. The number of pyridine rings is 1. The average Bonchev–Trinajstić information content (AvgIpc) is 2.43. The van der Waals surface area contributed by atoms with Gasteiger partial charge in [-0.2, -0.15) is 0 Å². The van der Waals surface area contributed by atoms with Crippen LogP contribution >= 0.6 is 23.5 Å². The summed E-state index contributed by atoms with van der Waals surface area (Å²) in [5.41, 5.74) is 2.24. The van der Waals surface area contributed by atoms with E-state index in [9.17, 15) is 0 Å². The normalized spacial score (nSPS) is 10.7. The fourth-order valence-electron chi connectivity index (χ4n) is 1.85. The largest absolute Gasteiger partial charge is 0.370 e. The Hall–Kier alpha value is -1.27. The molecule has 0 aliphatic rings. The SMILES string of the molecule is CCCNc1cc(Sc2cc(C)cc(C)n2)nc(SC)n1. The van der Waals surface area contributed by atoms with Gasteiger partial charge in [0.05, 0.1) is 0 Å². The van der Waals surface area contributed by atoms with Gasteiger partial charge in [0.1, 0.15) is 15.9 Å². The first-order chi connectivity index (χ1) is 10.1. The molecule has 6 heteroatoms. The predicted octanol–water partition coefficient (Wildman–Crippen LogP) is 4.18. The summed E-state index contributed by atoms with van der Waals surface area (Å²) in [5, 5.41) is 5.99. The smallest absolute Gasteiger partial charge is 0.190 e. The minimum absolute atomic E-state index is 0.781. The lowest BCUT2D eigenvalue weighted by molar-refractivity contribution is 0.876. The number of anilines is 1. The quantitative estimate of drug-likeness (QED) is 0.489. The van der Waals surface area contributed by atoms with E-state index in [1.54, 1.807) is 23.5 Å². The third-order valence-corrected chi connectivity index (χ3v) is 4.09. The van der Waals surface area contributed by atoms with Crippen LogP contribution in [0, 0.1) is 13.8 Å². The third-order valence-electron chi connectivity index (χ3n) is 2.70. The number of nitrogens with one attached hydrogen (secondary N) is 1. The summed E-state index contributed by atoms with van der Waals surface area (Å²) in [5.74, 6) is 0.878. The van der Waals surface area contributed by atoms with Crippen molar-refractivity contribution < 1.29 is 0 Å². The molecule has 0 aliphatic heterocycles. The molecule has 2 heterocycles. The van der Waals surface area contributed by atoms with E-state index in [4.69, 9.17) is 0 Å². The molecular formula is C15H20N4S2. The van der Waals surface area contributed by atoms with Crippen LogP contribution < -0.4 is 5.32 Å². The standard InChI is InChI=1S/C15H20N4S2/c1-5-6-16-12-9-14(19-15(18-12)20-4)21-13-8-10(2)7-11(3)17-13/h7-9H,5-6H2,1-4H3,(H,16,18,19). The van der Waals surface area contributed by atoms with E-state index < -0.39 is 0 Å². The highest BCUT2D eigenvalue weighted by atomic mass is 32.2. The van der Waals surface area contributed by atoms with Crippen LogP contribution in [0.3, 0.4) is 0 Å². The summed E-state index contributed by atoms with van der Waals surface area (Å²) in [6.07, 6.45) is 3.06. The van der Waals surface area contributed by atoms with Crippen molar-refractivity contribution >= 4 is 29.3 Å². The molecule has 112 valence electrons. The predicted molar refractivity (Wildman–Crippen MR) is 90.4 cm³/mol. The molecule has 21 heavy (non-hydrogen) atoms. The van der Waals surface area contributed by atoms with Crippen LogP contribution in [0.1, 0.15) is 24.6 Å². The van der Waals surface area contributed by atoms with Crippen molar-refractivity contribution in [3.05, 3.63) is 29.5 Å². The fourth-order valence-corrected chi connectivity index (χ4v) is 3.24. The summed E-state index contributed by atoms with van der Waals surface area (Å²) < 4.78 is 0. The first-order valence-corrected chi connectivity index (χ1v) is 8.95. The Balaban J connectivity index is 2.25. The first kappa shape index (κ1) is 16.1. The Morgan fingerprint density at radius 1 is 1.05 bits per heavy atom. The second kappa shape index (κ2) is 7.66. The number of nitrogens with zero attached hydrogens (tertiary/aromatic N) is 3.